The molecule has 0 spiro atoms. The molecule has 0 aromatic carbocycles. The smallest absolute Gasteiger partial charge is 0.187 e. The lowest BCUT2D eigenvalue weighted by molar-refractivity contribution is -0.378. The zero-order chi connectivity index (χ0) is 63.1. The summed E-state index contributed by atoms with van der Waals surface area (Å²) in [4.78, 5) is 15.4. The van der Waals surface area contributed by atoms with Crippen molar-refractivity contribution in [3.8, 4) is 0 Å². The molecule has 5 aliphatic heterocycles. The van der Waals surface area contributed by atoms with Gasteiger partial charge < -0.3 is 124 Å². The van der Waals surface area contributed by atoms with Crippen molar-refractivity contribution in [3.05, 3.63) is 11.6 Å². The van der Waals surface area contributed by atoms with Crippen LogP contribution in [0.25, 0.3) is 0 Å². The summed E-state index contributed by atoms with van der Waals surface area (Å²) in [5, 5.41) is 173. The molecule has 0 aromatic rings. The summed E-state index contributed by atoms with van der Waals surface area (Å²) < 4.78 is 54.7. The molecule has 5 saturated heterocycles. The van der Waals surface area contributed by atoms with Crippen molar-refractivity contribution >= 4 is 5.78 Å². The van der Waals surface area contributed by atoms with E-state index >= 15 is 4.79 Å². The Balaban J connectivity index is 0.889. The van der Waals surface area contributed by atoms with Crippen molar-refractivity contribution in [2.45, 2.75) is 272 Å². The largest absolute Gasteiger partial charge is 0.394 e. The predicted molar refractivity (Wildman–Crippen MR) is 295 cm³/mol. The van der Waals surface area contributed by atoms with Crippen LogP contribution in [0.1, 0.15) is 120 Å². The van der Waals surface area contributed by atoms with Crippen LogP contribution in [-0.2, 0) is 47.4 Å². The van der Waals surface area contributed by atoms with E-state index in [1.807, 2.05) is 13.8 Å². The van der Waals surface area contributed by atoms with Gasteiger partial charge in [0.25, 0.3) is 0 Å². The van der Waals surface area contributed by atoms with Crippen molar-refractivity contribution < 1.29 is 129 Å². The maximum Gasteiger partial charge on any atom is 0.187 e. The van der Waals surface area contributed by atoms with Crippen molar-refractivity contribution in [1.29, 1.82) is 0 Å². The Morgan fingerprint density at radius 2 is 1.22 bits per heavy atom. The van der Waals surface area contributed by atoms with Gasteiger partial charge in [-0.3, -0.25) is 4.79 Å². The van der Waals surface area contributed by atoms with Crippen molar-refractivity contribution in [1.82, 2.24) is 0 Å². The molecular formula is C60H100O26. The second kappa shape index (κ2) is 26.4. The van der Waals surface area contributed by atoms with E-state index in [-0.39, 0.29) is 60.7 Å². The summed E-state index contributed by atoms with van der Waals surface area (Å²) in [7, 11) is 0. The van der Waals surface area contributed by atoms with E-state index in [1.54, 1.807) is 13.8 Å². The van der Waals surface area contributed by atoms with Gasteiger partial charge in [0.15, 0.2) is 25.2 Å². The van der Waals surface area contributed by atoms with Gasteiger partial charge in [-0.05, 0) is 93.3 Å². The Labute approximate surface area is 501 Å². The quantitative estimate of drug-likeness (QED) is 0.0578. The lowest BCUT2D eigenvalue weighted by Gasteiger charge is -2.65. The lowest BCUT2D eigenvalue weighted by Crippen LogP contribution is -2.67. The van der Waals surface area contributed by atoms with Gasteiger partial charge in [-0.15, -0.1) is 0 Å². The van der Waals surface area contributed by atoms with E-state index in [1.165, 1.54) is 0 Å². The Bertz CT molecular complexity index is 2300. The van der Waals surface area contributed by atoms with Crippen LogP contribution in [0.2, 0.25) is 0 Å². The normalized spacial score (nSPS) is 50.6. The Morgan fingerprint density at radius 1 is 0.628 bits per heavy atom. The number of fused-ring (bicyclic) bond motifs is 5. The van der Waals surface area contributed by atoms with Gasteiger partial charge in [0, 0.05) is 36.0 Å². The topological polar surface area (TPSA) is 424 Å². The molecule has 32 atom stereocenters. The standard InChI is InChI=1S/C60H100O26/c1-25(9-13-38(57(4,5)77)85-55-52(86-54-50(76)46(72)42(68)33(23-64)82-54)47(73)43(69)34(83-55)24-78-39-18-26(65)17-27(20-61)79-39)28-15-16-58(6)35-12-10-29-30(60(35,8)36(66)19-59(28,58)7)11-14-37(56(29,2)3)84-53-49(75)44(70)40(31(21-62)81-53)51-48(74)45(71)41(67)32(22-63)80-51/h10,25-28,30-35,37-55,61-65,67-77H,9,11-24H2,1-8H3/t25-,26+,27+,28?,30?,31-,32-,33+,34-,35?,37+,38-,39?,40-,41-,42+,43-,44+,45+,46-,47+,48-,49-,50+,51?,52-,53+,54-,55+,58+,59-,60+/m1/s1. The molecule has 5 heterocycles. The van der Waals surface area contributed by atoms with Gasteiger partial charge in [0.05, 0.1) is 81.4 Å². The molecule has 86 heavy (non-hydrogen) atoms. The average molecular weight is 1240 g/mol. The molecule has 26 heteroatoms. The van der Waals surface area contributed by atoms with Crippen LogP contribution in [0.4, 0.5) is 0 Å². The minimum absolute atomic E-state index is 0.0296. The summed E-state index contributed by atoms with van der Waals surface area (Å²) >= 11 is 0. The molecule has 9 rings (SSSR count). The number of ketones is 1. The monoisotopic (exact) mass is 1240 g/mol. The first kappa shape index (κ1) is 68.8. The first-order valence-corrected chi connectivity index (χ1v) is 31.1. The fraction of sp³-hybridized carbons (Fsp3) is 0.950. The number of ether oxygens (including phenoxy) is 9. The molecule has 9 aliphatic rings. The highest BCUT2D eigenvalue weighted by Gasteiger charge is 2.71. The first-order chi connectivity index (χ1) is 40.3. The van der Waals surface area contributed by atoms with Crippen molar-refractivity contribution in [3.63, 3.8) is 0 Å². The van der Waals surface area contributed by atoms with Gasteiger partial charge in [-0.25, -0.2) is 0 Å². The minimum Gasteiger partial charge on any atom is -0.394 e. The molecule has 496 valence electrons. The third-order valence-corrected chi connectivity index (χ3v) is 22.6. The summed E-state index contributed by atoms with van der Waals surface area (Å²) in [6.45, 7) is 13.0. The van der Waals surface area contributed by atoms with Crippen LogP contribution in [0.15, 0.2) is 11.6 Å². The van der Waals surface area contributed by atoms with Crippen LogP contribution < -0.4 is 0 Å². The van der Waals surface area contributed by atoms with Crippen LogP contribution >= 0.6 is 0 Å². The molecule has 26 nitrogen and oxygen atoms in total. The van der Waals surface area contributed by atoms with E-state index in [2.05, 4.69) is 33.8 Å². The third-order valence-electron chi connectivity index (χ3n) is 22.6. The van der Waals surface area contributed by atoms with Crippen LogP contribution in [0.5, 0.6) is 0 Å². The number of aliphatic hydroxyl groups is 16. The minimum atomic E-state index is -1.90. The zero-order valence-electron chi connectivity index (χ0n) is 50.7. The maximum atomic E-state index is 15.4. The molecule has 8 fully saturated rings. The van der Waals surface area contributed by atoms with E-state index in [0.717, 1.165) is 18.4 Å². The summed E-state index contributed by atoms with van der Waals surface area (Å²) in [6, 6.07) is 0. The van der Waals surface area contributed by atoms with Gasteiger partial charge in [0.2, 0.25) is 0 Å². The second-order valence-corrected chi connectivity index (χ2v) is 28.3. The fourth-order valence-corrected chi connectivity index (χ4v) is 17.2. The first-order valence-electron chi connectivity index (χ1n) is 31.1. The molecule has 4 aliphatic carbocycles. The number of rotatable bonds is 19. The van der Waals surface area contributed by atoms with Gasteiger partial charge in [-0.1, -0.05) is 53.2 Å². The molecule has 5 unspecified atom stereocenters. The third kappa shape index (κ3) is 12.3. The molecule has 16 N–H and O–H groups in total. The molecule has 0 amide bonds. The average Bonchev–Trinajstić information content (AvgIpc) is 1.28. The van der Waals surface area contributed by atoms with Crippen LogP contribution in [0, 0.1) is 51.2 Å². The maximum absolute atomic E-state index is 15.4. The summed E-state index contributed by atoms with van der Waals surface area (Å²) in [6.07, 6.45) is -28.3. The highest BCUT2D eigenvalue weighted by molar-refractivity contribution is 5.88. The Morgan fingerprint density at radius 3 is 1.86 bits per heavy atom. The summed E-state index contributed by atoms with van der Waals surface area (Å²) in [5.41, 5.74) is -2.74. The number of aliphatic hydroxyl groups excluding tert-OH is 15. The SMILES string of the molecule is C[C@H](CC[C@@H](O[C@@H]1O[C@H](COC2C[C@@H](O)C[C@@H](CO)O2)[C@@H](O)[C@H](O)[C@H]1O[C@H]1O[C@@H](CO)[C@H](O)[C@@H](O)[C@@H]1O)C(C)(C)O)C1CC[C@@]2(C)C3CC=C4C(CC[C@H](O[C@@H]5O[C@H](CO)[C@@H](C6O[C@H](CO)[C@@H](O)[C@H](O)[C@H]6O)[C@H](O)[C@H]5O)C4(C)C)[C@]3(C)C(=O)C[C@]12C. The Kier molecular flexibility index (Phi) is 21.1. The molecule has 0 aromatic heterocycles. The van der Waals surface area contributed by atoms with E-state index in [4.69, 9.17) is 42.6 Å². The van der Waals surface area contributed by atoms with Gasteiger partial charge >= 0.3 is 0 Å². The molecule has 0 radical (unpaired) electrons. The fourth-order valence-electron chi connectivity index (χ4n) is 17.2. The number of Topliss-reactive ketones (excluding diaryl/α,β-unsaturated/α-hetero) is 1. The zero-order valence-corrected chi connectivity index (χ0v) is 50.7. The van der Waals surface area contributed by atoms with Gasteiger partial charge in [0.1, 0.15) is 85.1 Å². The summed E-state index contributed by atoms with van der Waals surface area (Å²) in [5.74, 6) is -1.30. The highest BCUT2D eigenvalue weighted by Crippen LogP contribution is 2.74. The number of carbonyl (C=O) groups is 1. The molecule has 0 bridgehead atoms. The Hall–Kier alpha value is -1.59. The number of carbonyl (C=O) groups excluding carboxylic acids is 1. The molecular weight excluding hydrogens is 1140 g/mol. The number of allylic oxidation sites excluding steroid dienone is 1. The number of hydrogen-bond donors (Lipinski definition) is 16. The van der Waals surface area contributed by atoms with E-state index in [9.17, 15) is 81.7 Å². The van der Waals surface area contributed by atoms with E-state index in [0.29, 0.717) is 32.1 Å². The van der Waals surface area contributed by atoms with E-state index < -0.39 is 201 Å². The lowest BCUT2D eigenvalue weighted by atomic mass is 9.38. The van der Waals surface area contributed by atoms with Crippen LogP contribution in [0.3, 0.4) is 0 Å². The highest BCUT2D eigenvalue weighted by atomic mass is 16.8. The predicted octanol–water partition coefficient (Wildman–Crippen LogP) is -2.87. The van der Waals surface area contributed by atoms with Crippen molar-refractivity contribution in [2.75, 3.05) is 33.0 Å². The number of hydrogen-bond acceptors (Lipinski definition) is 26. The van der Waals surface area contributed by atoms with Crippen molar-refractivity contribution in [2.24, 2.45) is 51.2 Å². The van der Waals surface area contributed by atoms with Gasteiger partial charge in [-0.2, -0.15) is 0 Å². The van der Waals surface area contributed by atoms with Crippen LogP contribution in [-0.4, -0.2) is 273 Å². The molecule has 3 saturated carbocycles. The second-order valence-electron chi connectivity index (χ2n) is 28.3.